The largest absolute Gasteiger partial charge is 0.448 e. The molecule has 2 N–H and O–H groups in total. The van der Waals surface area contributed by atoms with E-state index in [0.29, 0.717) is 17.1 Å². The lowest BCUT2D eigenvalue weighted by Crippen LogP contribution is -2.14. The van der Waals surface area contributed by atoms with Crippen LogP contribution in [-0.2, 0) is 0 Å². The Morgan fingerprint density at radius 2 is 2.24 bits per heavy atom. The summed E-state index contributed by atoms with van der Waals surface area (Å²) in [5.74, 6) is -0.273. The van der Waals surface area contributed by atoms with Crippen molar-refractivity contribution in [2.45, 2.75) is 6.92 Å². The van der Waals surface area contributed by atoms with E-state index < -0.39 is 11.7 Å². The van der Waals surface area contributed by atoms with Crippen LogP contribution in [-0.4, -0.2) is 26.1 Å². The van der Waals surface area contributed by atoms with E-state index in [4.69, 9.17) is 4.42 Å². The second-order valence-electron chi connectivity index (χ2n) is 4.24. The van der Waals surface area contributed by atoms with Crippen molar-refractivity contribution in [1.82, 2.24) is 20.2 Å². The Morgan fingerprint density at radius 1 is 1.38 bits per heavy atom. The van der Waals surface area contributed by atoms with Gasteiger partial charge in [-0.05, 0) is 25.1 Å². The molecule has 0 unspecified atom stereocenters. The molecule has 2 heterocycles. The van der Waals surface area contributed by atoms with E-state index in [2.05, 4.69) is 25.5 Å². The number of amides is 1. The van der Waals surface area contributed by atoms with Gasteiger partial charge in [-0.3, -0.25) is 9.89 Å². The lowest BCUT2D eigenvalue weighted by atomic mass is 10.1. The van der Waals surface area contributed by atoms with Gasteiger partial charge in [0.05, 0.1) is 5.69 Å². The van der Waals surface area contributed by atoms with Crippen molar-refractivity contribution in [3.05, 3.63) is 48.2 Å². The summed E-state index contributed by atoms with van der Waals surface area (Å²) in [7, 11) is 0. The number of carbonyl (C=O) groups excluding carboxylic acids is 1. The Labute approximate surface area is 118 Å². The standard InChI is InChI=1S/C13H10FN5O2/c1-7-11(16-6-21-7)13(20)18-10-4-8(2-3-9(10)14)12-15-5-17-19-12/h2-6H,1H3,(H,18,20)(H,15,17,19). The van der Waals surface area contributed by atoms with Crippen LogP contribution >= 0.6 is 0 Å². The molecule has 0 bridgehead atoms. The number of oxazole rings is 1. The lowest BCUT2D eigenvalue weighted by Gasteiger charge is -2.06. The molecule has 2 aromatic heterocycles. The number of aryl methyl sites for hydroxylation is 1. The van der Waals surface area contributed by atoms with Gasteiger partial charge >= 0.3 is 0 Å². The normalized spacial score (nSPS) is 10.6. The fourth-order valence-corrected chi connectivity index (χ4v) is 1.82. The number of aromatic amines is 1. The molecular weight excluding hydrogens is 277 g/mol. The van der Waals surface area contributed by atoms with Crippen LogP contribution in [0.5, 0.6) is 0 Å². The highest BCUT2D eigenvalue weighted by Crippen LogP contribution is 2.22. The SMILES string of the molecule is Cc1ocnc1C(=O)Nc1cc(-c2ncn[nH]2)ccc1F. The third-order valence-electron chi connectivity index (χ3n) is 2.86. The molecule has 0 saturated heterocycles. The van der Waals surface area contributed by atoms with Crippen LogP contribution in [0.2, 0.25) is 0 Å². The van der Waals surface area contributed by atoms with Gasteiger partial charge in [-0.15, -0.1) is 0 Å². The van der Waals surface area contributed by atoms with Gasteiger partial charge in [-0.2, -0.15) is 5.10 Å². The van der Waals surface area contributed by atoms with Crippen LogP contribution in [0.25, 0.3) is 11.4 Å². The summed E-state index contributed by atoms with van der Waals surface area (Å²) in [6, 6.07) is 4.24. The number of aromatic nitrogens is 4. The number of hydrogen-bond donors (Lipinski definition) is 2. The van der Waals surface area contributed by atoms with E-state index in [0.717, 1.165) is 6.39 Å². The molecular formula is C13H10FN5O2. The number of nitrogens with one attached hydrogen (secondary N) is 2. The van der Waals surface area contributed by atoms with Crippen molar-refractivity contribution in [2.75, 3.05) is 5.32 Å². The van der Waals surface area contributed by atoms with Crippen LogP contribution < -0.4 is 5.32 Å². The maximum absolute atomic E-state index is 13.8. The van der Waals surface area contributed by atoms with E-state index in [9.17, 15) is 9.18 Å². The average Bonchev–Trinajstić information content (AvgIpc) is 3.12. The van der Waals surface area contributed by atoms with Crippen LogP contribution in [0.1, 0.15) is 16.2 Å². The molecule has 3 aromatic rings. The first-order valence-electron chi connectivity index (χ1n) is 6.02. The van der Waals surface area contributed by atoms with Gasteiger partial charge < -0.3 is 9.73 Å². The topological polar surface area (TPSA) is 96.7 Å². The minimum Gasteiger partial charge on any atom is -0.448 e. The Bertz CT molecular complexity index is 782. The maximum Gasteiger partial charge on any atom is 0.277 e. The number of carbonyl (C=O) groups is 1. The van der Waals surface area contributed by atoms with E-state index in [1.54, 1.807) is 6.92 Å². The zero-order valence-electron chi connectivity index (χ0n) is 10.9. The van der Waals surface area contributed by atoms with E-state index in [-0.39, 0.29) is 11.4 Å². The van der Waals surface area contributed by atoms with Gasteiger partial charge in [0.2, 0.25) is 0 Å². The Hall–Kier alpha value is -3.03. The molecule has 0 saturated carbocycles. The fraction of sp³-hybridized carbons (Fsp3) is 0.0769. The molecule has 0 spiro atoms. The third-order valence-corrected chi connectivity index (χ3v) is 2.86. The van der Waals surface area contributed by atoms with Crippen molar-refractivity contribution in [1.29, 1.82) is 0 Å². The molecule has 3 rings (SSSR count). The molecule has 1 aromatic carbocycles. The van der Waals surface area contributed by atoms with E-state index >= 15 is 0 Å². The minimum absolute atomic E-state index is 0.0244. The molecule has 0 radical (unpaired) electrons. The predicted molar refractivity (Wildman–Crippen MR) is 71.0 cm³/mol. The number of anilines is 1. The first-order valence-corrected chi connectivity index (χ1v) is 6.02. The number of halogens is 1. The molecule has 0 aliphatic rings. The van der Waals surface area contributed by atoms with Crippen molar-refractivity contribution in [2.24, 2.45) is 0 Å². The number of benzene rings is 1. The average molecular weight is 287 g/mol. The van der Waals surface area contributed by atoms with E-state index in [1.165, 1.54) is 24.5 Å². The highest BCUT2D eigenvalue weighted by Gasteiger charge is 2.16. The second-order valence-corrected chi connectivity index (χ2v) is 4.24. The molecule has 0 aliphatic carbocycles. The van der Waals surface area contributed by atoms with Gasteiger partial charge in [-0.25, -0.2) is 14.4 Å². The molecule has 0 atom stereocenters. The van der Waals surface area contributed by atoms with E-state index in [1.807, 2.05) is 0 Å². The van der Waals surface area contributed by atoms with Gasteiger partial charge in [0.25, 0.3) is 5.91 Å². The zero-order chi connectivity index (χ0) is 14.8. The van der Waals surface area contributed by atoms with Crippen LogP contribution in [0.4, 0.5) is 10.1 Å². The highest BCUT2D eigenvalue weighted by molar-refractivity contribution is 6.03. The van der Waals surface area contributed by atoms with Gasteiger partial charge in [0, 0.05) is 5.56 Å². The molecule has 106 valence electrons. The van der Waals surface area contributed by atoms with Crippen LogP contribution in [0, 0.1) is 12.7 Å². The van der Waals surface area contributed by atoms with Crippen LogP contribution in [0.3, 0.4) is 0 Å². The second kappa shape index (κ2) is 5.16. The first kappa shape index (κ1) is 13.0. The maximum atomic E-state index is 13.8. The lowest BCUT2D eigenvalue weighted by molar-refractivity contribution is 0.102. The Kier molecular flexibility index (Phi) is 3.19. The summed E-state index contributed by atoms with van der Waals surface area (Å²) in [4.78, 5) is 19.8. The van der Waals surface area contributed by atoms with Gasteiger partial charge in [0.1, 0.15) is 17.9 Å². The van der Waals surface area contributed by atoms with Gasteiger partial charge in [-0.1, -0.05) is 0 Å². The molecule has 0 fully saturated rings. The Morgan fingerprint density at radius 3 is 2.90 bits per heavy atom. The molecule has 7 nitrogen and oxygen atoms in total. The third kappa shape index (κ3) is 2.50. The predicted octanol–water partition coefficient (Wildman–Crippen LogP) is 2.16. The molecule has 1 amide bonds. The zero-order valence-corrected chi connectivity index (χ0v) is 10.9. The highest BCUT2D eigenvalue weighted by atomic mass is 19.1. The molecule has 8 heteroatoms. The van der Waals surface area contributed by atoms with Gasteiger partial charge in [0.15, 0.2) is 17.9 Å². The summed E-state index contributed by atoms with van der Waals surface area (Å²) in [5.41, 5.74) is 0.733. The van der Waals surface area contributed by atoms with Crippen molar-refractivity contribution < 1.29 is 13.6 Å². The molecule has 0 aliphatic heterocycles. The summed E-state index contributed by atoms with van der Waals surface area (Å²) in [5, 5.41) is 8.85. The summed E-state index contributed by atoms with van der Waals surface area (Å²) in [6.45, 7) is 1.60. The minimum atomic E-state index is -0.562. The quantitative estimate of drug-likeness (QED) is 0.769. The smallest absolute Gasteiger partial charge is 0.277 e. The summed E-state index contributed by atoms with van der Waals surface area (Å²) < 4.78 is 18.8. The first-order chi connectivity index (χ1) is 10.1. The summed E-state index contributed by atoms with van der Waals surface area (Å²) in [6.07, 6.45) is 2.50. The molecule has 21 heavy (non-hydrogen) atoms. The van der Waals surface area contributed by atoms with Crippen molar-refractivity contribution in [3.63, 3.8) is 0 Å². The number of rotatable bonds is 3. The van der Waals surface area contributed by atoms with Crippen molar-refractivity contribution in [3.8, 4) is 11.4 Å². The number of nitrogens with zero attached hydrogens (tertiary/aromatic N) is 3. The number of H-pyrrole nitrogens is 1. The monoisotopic (exact) mass is 287 g/mol. The fourth-order valence-electron chi connectivity index (χ4n) is 1.82. The number of hydrogen-bond acceptors (Lipinski definition) is 5. The summed E-state index contributed by atoms with van der Waals surface area (Å²) >= 11 is 0. The van der Waals surface area contributed by atoms with Crippen LogP contribution in [0.15, 0.2) is 35.3 Å². The Balaban J connectivity index is 1.90. The van der Waals surface area contributed by atoms with Crippen molar-refractivity contribution >= 4 is 11.6 Å².